The maximum absolute atomic E-state index is 3.72. The van der Waals surface area contributed by atoms with Gasteiger partial charge in [0.05, 0.1) is 0 Å². The monoisotopic (exact) mass is 240 g/mol. The lowest BCUT2D eigenvalue weighted by atomic mass is 9.92. The summed E-state index contributed by atoms with van der Waals surface area (Å²) in [6, 6.07) is 2.07. The molecule has 1 saturated heterocycles. The second kappa shape index (κ2) is 6.75. The molecule has 1 N–H and O–H groups in total. The van der Waals surface area contributed by atoms with Crippen molar-refractivity contribution in [2.24, 2.45) is 11.8 Å². The van der Waals surface area contributed by atoms with Crippen LogP contribution in [0.25, 0.3) is 0 Å². The molecule has 2 nitrogen and oxygen atoms in total. The summed E-state index contributed by atoms with van der Waals surface area (Å²) in [5.41, 5.74) is 0. The van der Waals surface area contributed by atoms with Crippen LogP contribution in [0, 0.1) is 11.8 Å². The summed E-state index contributed by atoms with van der Waals surface area (Å²) < 4.78 is 0. The van der Waals surface area contributed by atoms with E-state index in [-0.39, 0.29) is 0 Å². The minimum Gasteiger partial charge on any atom is -0.311 e. The van der Waals surface area contributed by atoms with Crippen molar-refractivity contribution in [3.8, 4) is 0 Å². The molecule has 102 valence electrons. The Morgan fingerprint density at radius 2 is 1.82 bits per heavy atom. The highest BCUT2D eigenvalue weighted by Crippen LogP contribution is 2.22. The van der Waals surface area contributed by atoms with E-state index in [1.807, 2.05) is 0 Å². The van der Waals surface area contributed by atoms with Gasteiger partial charge in [-0.3, -0.25) is 4.90 Å². The second-order valence-electron chi connectivity index (χ2n) is 6.07. The standard InChI is InChI=1S/C15H32N2/c1-7-11(3)14(6)17-10-15(12(4)8-2)16-9-13(17)5/h11-16H,7-10H2,1-6H3. The van der Waals surface area contributed by atoms with Crippen LogP contribution >= 0.6 is 0 Å². The maximum Gasteiger partial charge on any atom is 0.0221 e. The Morgan fingerprint density at radius 3 is 2.35 bits per heavy atom. The number of nitrogens with one attached hydrogen (secondary N) is 1. The van der Waals surface area contributed by atoms with E-state index in [0.29, 0.717) is 18.1 Å². The lowest BCUT2D eigenvalue weighted by molar-refractivity contribution is 0.0579. The summed E-state index contributed by atoms with van der Waals surface area (Å²) in [7, 11) is 0. The molecule has 0 aromatic heterocycles. The second-order valence-corrected chi connectivity index (χ2v) is 6.07. The molecule has 5 unspecified atom stereocenters. The van der Waals surface area contributed by atoms with Gasteiger partial charge < -0.3 is 5.32 Å². The molecule has 0 aromatic rings. The first-order valence-corrected chi connectivity index (χ1v) is 7.50. The zero-order valence-corrected chi connectivity index (χ0v) is 12.7. The topological polar surface area (TPSA) is 15.3 Å². The Hall–Kier alpha value is -0.0800. The van der Waals surface area contributed by atoms with E-state index in [1.165, 1.54) is 19.4 Å². The summed E-state index contributed by atoms with van der Waals surface area (Å²) >= 11 is 0. The Labute approximate surface area is 108 Å². The van der Waals surface area contributed by atoms with E-state index in [1.54, 1.807) is 0 Å². The van der Waals surface area contributed by atoms with Crippen molar-refractivity contribution in [1.82, 2.24) is 10.2 Å². The van der Waals surface area contributed by atoms with Crippen molar-refractivity contribution >= 4 is 0 Å². The van der Waals surface area contributed by atoms with Gasteiger partial charge in [0.15, 0.2) is 0 Å². The first-order chi connectivity index (χ1) is 8.01. The van der Waals surface area contributed by atoms with Crippen molar-refractivity contribution in [1.29, 1.82) is 0 Å². The van der Waals surface area contributed by atoms with E-state index in [9.17, 15) is 0 Å². The van der Waals surface area contributed by atoms with Gasteiger partial charge in [0.25, 0.3) is 0 Å². The van der Waals surface area contributed by atoms with Gasteiger partial charge >= 0.3 is 0 Å². The zero-order chi connectivity index (χ0) is 13.0. The summed E-state index contributed by atoms with van der Waals surface area (Å²) in [5.74, 6) is 1.59. The third-order valence-electron chi connectivity index (χ3n) is 4.97. The summed E-state index contributed by atoms with van der Waals surface area (Å²) in [6.45, 7) is 16.5. The summed E-state index contributed by atoms with van der Waals surface area (Å²) in [4.78, 5) is 2.72. The van der Waals surface area contributed by atoms with E-state index < -0.39 is 0 Å². The van der Waals surface area contributed by atoms with Crippen LogP contribution < -0.4 is 5.32 Å². The quantitative estimate of drug-likeness (QED) is 0.794. The van der Waals surface area contributed by atoms with Gasteiger partial charge in [-0.2, -0.15) is 0 Å². The third kappa shape index (κ3) is 3.69. The van der Waals surface area contributed by atoms with E-state index in [0.717, 1.165) is 18.4 Å². The van der Waals surface area contributed by atoms with Gasteiger partial charge in [0.1, 0.15) is 0 Å². The molecule has 0 bridgehead atoms. The first kappa shape index (κ1) is 15.0. The van der Waals surface area contributed by atoms with Crippen LogP contribution in [-0.4, -0.2) is 36.1 Å². The SMILES string of the molecule is CCC(C)C1CN(C(C)C(C)CC)C(C)CN1. The predicted molar refractivity (Wildman–Crippen MR) is 76.3 cm³/mol. The number of piperazine rings is 1. The molecule has 0 radical (unpaired) electrons. The zero-order valence-electron chi connectivity index (χ0n) is 12.7. The molecule has 17 heavy (non-hydrogen) atoms. The molecule has 1 aliphatic rings. The van der Waals surface area contributed by atoms with E-state index >= 15 is 0 Å². The molecule has 0 spiro atoms. The molecule has 5 atom stereocenters. The molecule has 1 heterocycles. The first-order valence-electron chi connectivity index (χ1n) is 7.50. The molecule has 0 saturated carbocycles. The largest absolute Gasteiger partial charge is 0.311 e. The third-order valence-corrected chi connectivity index (χ3v) is 4.97. The fraction of sp³-hybridized carbons (Fsp3) is 1.00. The van der Waals surface area contributed by atoms with Crippen molar-refractivity contribution in [3.05, 3.63) is 0 Å². The number of hydrogen-bond donors (Lipinski definition) is 1. The van der Waals surface area contributed by atoms with Gasteiger partial charge in [-0.1, -0.05) is 40.5 Å². The average Bonchev–Trinajstić information content (AvgIpc) is 2.36. The fourth-order valence-corrected chi connectivity index (χ4v) is 2.81. The minimum absolute atomic E-state index is 0.680. The fourth-order valence-electron chi connectivity index (χ4n) is 2.81. The van der Waals surface area contributed by atoms with Crippen molar-refractivity contribution < 1.29 is 0 Å². The number of rotatable bonds is 5. The van der Waals surface area contributed by atoms with Crippen LogP contribution in [0.5, 0.6) is 0 Å². The van der Waals surface area contributed by atoms with Crippen LogP contribution in [0.4, 0.5) is 0 Å². The highest BCUT2D eigenvalue weighted by molar-refractivity contribution is 4.89. The van der Waals surface area contributed by atoms with Crippen molar-refractivity contribution in [3.63, 3.8) is 0 Å². The van der Waals surface area contributed by atoms with Crippen LogP contribution in [0.1, 0.15) is 54.4 Å². The molecule has 0 aromatic carbocycles. The predicted octanol–water partition coefficient (Wildman–Crippen LogP) is 3.13. The van der Waals surface area contributed by atoms with E-state index in [4.69, 9.17) is 0 Å². The lowest BCUT2D eigenvalue weighted by Gasteiger charge is -2.45. The summed E-state index contributed by atoms with van der Waals surface area (Å²) in [5, 5.41) is 3.72. The Morgan fingerprint density at radius 1 is 1.18 bits per heavy atom. The molecular formula is C15H32N2. The van der Waals surface area contributed by atoms with E-state index in [2.05, 4.69) is 51.8 Å². The lowest BCUT2D eigenvalue weighted by Crippen LogP contribution is -2.60. The smallest absolute Gasteiger partial charge is 0.0221 e. The highest BCUT2D eigenvalue weighted by Gasteiger charge is 2.31. The Balaban J connectivity index is 2.62. The molecule has 0 amide bonds. The van der Waals surface area contributed by atoms with Gasteiger partial charge in [0.2, 0.25) is 0 Å². The number of hydrogen-bond acceptors (Lipinski definition) is 2. The molecule has 1 rings (SSSR count). The van der Waals surface area contributed by atoms with Gasteiger partial charge in [0, 0.05) is 31.2 Å². The molecular weight excluding hydrogens is 208 g/mol. The van der Waals surface area contributed by atoms with Gasteiger partial charge in [-0.05, 0) is 25.7 Å². The van der Waals surface area contributed by atoms with Gasteiger partial charge in [-0.25, -0.2) is 0 Å². The maximum atomic E-state index is 3.72. The minimum atomic E-state index is 0.680. The number of nitrogens with zero attached hydrogens (tertiary/aromatic N) is 1. The normalized spacial score (nSPS) is 32.1. The molecule has 2 heteroatoms. The van der Waals surface area contributed by atoms with Gasteiger partial charge in [-0.15, -0.1) is 0 Å². The van der Waals surface area contributed by atoms with Crippen LogP contribution in [0.3, 0.4) is 0 Å². The average molecular weight is 240 g/mol. The van der Waals surface area contributed by atoms with Crippen molar-refractivity contribution in [2.75, 3.05) is 13.1 Å². The molecule has 0 aliphatic carbocycles. The molecule has 1 fully saturated rings. The van der Waals surface area contributed by atoms with Crippen LogP contribution in [0.2, 0.25) is 0 Å². The van der Waals surface area contributed by atoms with Crippen molar-refractivity contribution in [2.45, 2.75) is 72.5 Å². The molecule has 1 aliphatic heterocycles. The van der Waals surface area contributed by atoms with Crippen LogP contribution in [-0.2, 0) is 0 Å². The van der Waals surface area contributed by atoms with Crippen LogP contribution in [0.15, 0.2) is 0 Å². The Bertz CT molecular complexity index is 217. The Kier molecular flexibility index (Phi) is 5.94. The summed E-state index contributed by atoms with van der Waals surface area (Å²) in [6.07, 6.45) is 2.56. The highest BCUT2D eigenvalue weighted by atomic mass is 15.3.